The highest BCUT2D eigenvalue weighted by molar-refractivity contribution is 5.49. The van der Waals surface area contributed by atoms with E-state index in [1.165, 1.54) is 12.3 Å². The zero-order chi connectivity index (χ0) is 15.5. The van der Waals surface area contributed by atoms with E-state index >= 15 is 0 Å². The number of pyridine rings is 1. The van der Waals surface area contributed by atoms with Crippen molar-refractivity contribution in [1.82, 2.24) is 4.98 Å². The third kappa shape index (κ3) is 3.42. The van der Waals surface area contributed by atoms with Crippen LogP contribution in [0.1, 0.15) is 16.8 Å². The maximum Gasteiger partial charge on any atom is 0.420 e. The molecule has 0 atom stereocenters. The molecule has 0 saturated carbocycles. The van der Waals surface area contributed by atoms with Crippen molar-refractivity contribution >= 4 is 5.69 Å². The molecule has 108 valence electrons. The van der Waals surface area contributed by atoms with Crippen molar-refractivity contribution in [2.75, 3.05) is 5.73 Å². The van der Waals surface area contributed by atoms with Gasteiger partial charge in [0.05, 0.1) is 5.56 Å². The zero-order valence-corrected chi connectivity index (χ0v) is 10.7. The van der Waals surface area contributed by atoms with E-state index in [0.29, 0.717) is 5.56 Å². The molecule has 0 aliphatic rings. The molecule has 0 unspecified atom stereocenters. The van der Waals surface area contributed by atoms with E-state index in [4.69, 9.17) is 15.7 Å². The Balaban J connectivity index is 2.27. The Kier molecular flexibility index (Phi) is 3.98. The molecule has 0 fully saturated rings. The minimum Gasteiger partial charge on any atom is -0.488 e. The summed E-state index contributed by atoms with van der Waals surface area (Å²) in [6.07, 6.45) is -3.15. The summed E-state index contributed by atoms with van der Waals surface area (Å²) in [7, 11) is 0. The molecule has 2 rings (SSSR count). The van der Waals surface area contributed by atoms with Gasteiger partial charge in [0, 0.05) is 17.4 Å². The van der Waals surface area contributed by atoms with Gasteiger partial charge >= 0.3 is 6.18 Å². The van der Waals surface area contributed by atoms with Gasteiger partial charge in [-0.3, -0.25) is 0 Å². The lowest BCUT2D eigenvalue weighted by atomic mass is 10.1. The standard InChI is InChI=1S/C14H10F3N3O/c15-14(16,17)11-6-10(19)3-4-13(11)21-8-9-2-1-5-20-12(9)7-18/h1-6H,8,19H2. The maximum absolute atomic E-state index is 12.9. The number of benzene rings is 1. The molecule has 1 aromatic carbocycles. The van der Waals surface area contributed by atoms with Crippen LogP contribution in [0.5, 0.6) is 5.75 Å². The number of rotatable bonds is 3. The molecule has 7 heteroatoms. The minimum atomic E-state index is -4.57. The van der Waals surface area contributed by atoms with Crippen molar-refractivity contribution in [1.29, 1.82) is 5.26 Å². The molecular formula is C14H10F3N3O. The lowest BCUT2D eigenvalue weighted by Crippen LogP contribution is -2.10. The van der Waals surface area contributed by atoms with Crippen molar-refractivity contribution in [2.24, 2.45) is 0 Å². The number of halogens is 3. The Morgan fingerprint density at radius 3 is 2.71 bits per heavy atom. The van der Waals surface area contributed by atoms with Gasteiger partial charge in [-0.05, 0) is 24.3 Å². The lowest BCUT2D eigenvalue weighted by molar-refractivity contribution is -0.139. The van der Waals surface area contributed by atoms with Crippen molar-refractivity contribution in [3.8, 4) is 11.8 Å². The molecule has 0 radical (unpaired) electrons. The Bertz CT molecular complexity index is 693. The fourth-order valence-electron chi connectivity index (χ4n) is 1.71. The van der Waals surface area contributed by atoms with Crippen LogP contribution in [0.25, 0.3) is 0 Å². The Morgan fingerprint density at radius 2 is 2.05 bits per heavy atom. The van der Waals surface area contributed by atoms with Gasteiger partial charge in [-0.25, -0.2) is 4.98 Å². The third-order valence-electron chi connectivity index (χ3n) is 2.69. The predicted octanol–water partition coefficient (Wildman–Crippen LogP) is 3.13. The molecule has 4 nitrogen and oxygen atoms in total. The molecule has 0 bridgehead atoms. The molecule has 0 aliphatic heterocycles. The molecule has 0 spiro atoms. The van der Waals surface area contributed by atoms with E-state index in [-0.39, 0.29) is 23.7 Å². The number of nitrogens with zero attached hydrogens (tertiary/aromatic N) is 2. The number of nitrogen functional groups attached to an aromatic ring is 1. The summed E-state index contributed by atoms with van der Waals surface area (Å²) < 4.78 is 43.9. The van der Waals surface area contributed by atoms with Crippen LogP contribution in [-0.4, -0.2) is 4.98 Å². The number of ether oxygens (including phenoxy) is 1. The van der Waals surface area contributed by atoms with Crippen molar-refractivity contribution in [2.45, 2.75) is 12.8 Å². The van der Waals surface area contributed by atoms with Gasteiger partial charge in [-0.15, -0.1) is 0 Å². The van der Waals surface area contributed by atoms with E-state index in [2.05, 4.69) is 4.98 Å². The van der Waals surface area contributed by atoms with Crippen LogP contribution in [0.2, 0.25) is 0 Å². The van der Waals surface area contributed by atoms with Crippen LogP contribution in [0.15, 0.2) is 36.5 Å². The maximum atomic E-state index is 12.9. The van der Waals surface area contributed by atoms with Gasteiger partial charge in [-0.1, -0.05) is 6.07 Å². The van der Waals surface area contributed by atoms with Gasteiger partial charge in [-0.2, -0.15) is 18.4 Å². The number of hydrogen-bond donors (Lipinski definition) is 1. The molecule has 21 heavy (non-hydrogen) atoms. The zero-order valence-electron chi connectivity index (χ0n) is 10.7. The first-order chi connectivity index (χ1) is 9.91. The van der Waals surface area contributed by atoms with Gasteiger partial charge in [0.1, 0.15) is 24.1 Å². The number of aromatic nitrogens is 1. The number of nitrogens with two attached hydrogens (primary N) is 1. The fraction of sp³-hybridized carbons (Fsp3) is 0.143. The first-order valence-electron chi connectivity index (χ1n) is 5.85. The van der Waals surface area contributed by atoms with E-state index < -0.39 is 11.7 Å². The fourth-order valence-corrected chi connectivity index (χ4v) is 1.71. The molecule has 0 amide bonds. The predicted molar refractivity (Wildman–Crippen MR) is 69.1 cm³/mol. The molecular weight excluding hydrogens is 283 g/mol. The van der Waals surface area contributed by atoms with E-state index in [0.717, 1.165) is 12.1 Å². The van der Waals surface area contributed by atoms with Crippen molar-refractivity contribution in [3.05, 3.63) is 53.3 Å². The smallest absolute Gasteiger partial charge is 0.420 e. The number of anilines is 1. The van der Waals surface area contributed by atoms with Gasteiger partial charge in [0.2, 0.25) is 0 Å². The quantitative estimate of drug-likeness (QED) is 0.882. The van der Waals surface area contributed by atoms with Gasteiger partial charge < -0.3 is 10.5 Å². The summed E-state index contributed by atoms with van der Waals surface area (Å²) in [4.78, 5) is 3.81. The van der Waals surface area contributed by atoms with Crippen LogP contribution in [0, 0.1) is 11.3 Å². The van der Waals surface area contributed by atoms with Crippen LogP contribution >= 0.6 is 0 Å². The SMILES string of the molecule is N#Cc1ncccc1COc1ccc(N)cc1C(F)(F)F. The Labute approximate surface area is 118 Å². The Hall–Kier alpha value is -2.75. The molecule has 1 aromatic heterocycles. The molecule has 2 N–H and O–H groups in total. The van der Waals surface area contributed by atoms with Crippen molar-refractivity contribution in [3.63, 3.8) is 0 Å². The summed E-state index contributed by atoms with van der Waals surface area (Å²) >= 11 is 0. The molecule has 2 aromatic rings. The molecule has 1 heterocycles. The second-order valence-corrected chi connectivity index (χ2v) is 4.16. The summed E-state index contributed by atoms with van der Waals surface area (Å²) in [6, 6.07) is 8.28. The van der Waals surface area contributed by atoms with Crippen LogP contribution in [-0.2, 0) is 12.8 Å². The van der Waals surface area contributed by atoms with Crippen LogP contribution in [0.4, 0.5) is 18.9 Å². The summed E-state index contributed by atoms with van der Waals surface area (Å²) in [5.41, 5.74) is 4.93. The number of nitriles is 1. The summed E-state index contributed by atoms with van der Waals surface area (Å²) in [6.45, 7) is -0.191. The lowest BCUT2D eigenvalue weighted by Gasteiger charge is -2.14. The normalized spacial score (nSPS) is 11.0. The number of hydrogen-bond acceptors (Lipinski definition) is 4. The van der Waals surface area contributed by atoms with Gasteiger partial charge in [0.25, 0.3) is 0 Å². The van der Waals surface area contributed by atoms with Crippen LogP contribution < -0.4 is 10.5 Å². The van der Waals surface area contributed by atoms with E-state index in [1.54, 1.807) is 12.1 Å². The molecule has 0 saturated heterocycles. The Morgan fingerprint density at radius 1 is 1.29 bits per heavy atom. The highest BCUT2D eigenvalue weighted by Crippen LogP contribution is 2.37. The van der Waals surface area contributed by atoms with Crippen LogP contribution in [0.3, 0.4) is 0 Å². The summed E-state index contributed by atoms with van der Waals surface area (Å²) in [5, 5.41) is 8.87. The second kappa shape index (κ2) is 5.71. The first-order valence-corrected chi connectivity index (χ1v) is 5.85. The third-order valence-corrected chi connectivity index (χ3v) is 2.69. The second-order valence-electron chi connectivity index (χ2n) is 4.16. The van der Waals surface area contributed by atoms with Crippen molar-refractivity contribution < 1.29 is 17.9 Å². The highest BCUT2D eigenvalue weighted by atomic mass is 19.4. The van der Waals surface area contributed by atoms with E-state index in [1.807, 2.05) is 6.07 Å². The minimum absolute atomic E-state index is 0.00577. The van der Waals surface area contributed by atoms with E-state index in [9.17, 15) is 13.2 Å². The highest BCUT2D eigenvalue weighted by Gasteiger charge is 2.34. The average molecular weight is 293 g/mol. The average Bonchev–Trinajstić information content (AvgIpc) is 2.45. The first kappa shape index (κ1) is 14.7. The monoisotopic (exact) mass is 293 g/mol. The largest absolute Gasteiger partial charge is 0.488 e. The molecule has 0 aliphatic carbocycles. The van der Waals surface area contributed by atoms with Gasteiger partial charge in [0.15, 0.2) is 0 Å². The number of alkyl halides is 3. The summed E-state index contributed by atoms with van der Waals surface area (Å²) in [5.74, 6) is -0.343. The topological polar surface area (TPSA) is 71.9 Å².